The Morgan fingerprint density at radius 1 is 1.29 bits per heavy atom. The van der Waals surface area contributed by atoms with Gasteiger partial charge >= 0.3 is 0 Å². The summed E-state index contributed by atoms with van der Waals surface area (Å²) in [5.74, 6) is 0.152. The molecule has 0 saturated carbocycles. The van der Waals surface area contributed by atoms with Gasteiger partial charge in [-0.25, -0.2) is 13.4 Å². The van der Waals surface area contributed by atoms with Crippen LogP contribution in [0.2, 0.25) is 0 Å². The molecular weight excluding hydrogens is 466 g/mol. The highest BCUT2D eigenvalue weighted by Gasteiger charge is 2.31. The summed E-state index contributed by atoms with van der Waals surface area (Å²) in [7, 11) is -2.17. The number of aliphatic hydroxyl groups excluding tert-OH is 1. The highest BCUT2D eigenvalue weighted by atomic mass is 32.2. The number of carbonyl (C=O) groups excluding carboxylic acids is 1. The van der Waals surface area contributed by atoms with Crippen LogP contribution >= 0.6 is 0 Å². The molecule has 0 aliphatic carbocycles. The molecule has 1 aromatic heterocycles. The van der Waals surface area contributed by atoms with Crippen LogP contribution in [0, 0.1) is 0 Å². The number of nitrogens with one attached hydrogen (secondary N) is 3. The minimum absolute atomic E-state index is 0.0818. The van der Waals surface area contributed by atoms with Crippen molar-refractivity contribution >= 4 is 27.6 Å². The smallest absolute Gasteiger partial charge is 0.251 e. The molecule has 4 atom stereocenters. The van der Waals surface area contributed by atoms with E-state index in [2.05, 4.69) is 20.9 Å². The number of hydrogen-bond donors (Lipinski definition) is 4. The quantitative estimate of drug-likeness (QED) is 0.370. The van der Waals surface area contributed by atoms with Gasteiger partial charge in [0.25, 0.3) is 5.91 Å². The van der Waals surface area contributed by atoms with Crippen molar-refractivity contribution in [1.29, 1.82) is 0 Å². The SMILES string of the molecule is CC[C@H](C)Nc1cc(C(=O)N[C@@H](Cc2ccccc2)[C@H](O)[C@H]2CCCN2)cc(N(C)S(C)(=O)=O)n1. The first-order chi connectivity index (χ1) is 16.6. The summed E-state index contributed by atoms with van der Waals surface area (Å²) in [6.07, 6.45) is 3.41. The summed E-state index contributed by atoms with van der Waals surface area (Å²) in [6.45, 7) is 4.84. The molecule has 3 rings (SSSR count). The summed E-state index contributed by atoms with van der Waals surface area (Å²) < 4.78 is 25.3. The van der Waals surface area contributed by atoms with Gasteiger partial charge in [0.05, 0.1) is 18.4 Å². The lowest BCUT2D eigenvalue weighted by Gasteiger charge is -2.29. The van der Waals surface area contributed by atoms with Gasteiger partial charge in [-0.2, -0.15) is 0 Å². The first kappa shape index (κ1) is 26.9. The average molecular weight is 504 g/mol. The first-order valence-electron chi connectivity index (χ1n) is 12.1. The summed E-state index contributed by atoms with van der Waals surface area (Å²) in [5.41, 5.74) is 1.27. The maximum absolute atomic E-state index is 13.4. The highest BCUT2D eigenvalue weighted by molar-refractivity contribution is 7.92. The first-order valence-corrected chi connectivity index (χ1v) is 13.9. The van der Waals surface area contributed by atoms with Crippen LogP contribution in [0.1, 0.15) is 49.0 Å². The van der Waals surface area contributed by atoms with E-state index in [1.54, 1.807) is 6.07 Å². The Bertz CT molecular complexity index is 1090. The number of rotatable bonds is 11. The lowest BCUT2D eigenvalue weighted by molar-refractivity contribution is 0.0738. The largest absolute Gasteiger partial charge is 0.389 e. The number of amides is 1. The molecule has 1 aromatic carbocycles. The molecule has 0 spiro atoms. The third-order valence-electron chi connectivity index (χ3n) is 6.44. The van der Waals surface area contributed by atoms with E-state index in [4.69, 9.17) is 0 Å². The van der Waals surface area contributed by atoms with Crippen LogP contribution in [0.5, 0.6) is 0 Å². The molecule has 0 radical (unpaired) electrons. The highest BCUT2D eigenvalue weighted by Crippen LogP contribution is 2.21. The van der Waals surface area contributed by atoms with Crippen LogP contribution in [-0.2, 0) is 16.4 Å². The van der Waals surface area contributed by atoms with Crippen molar-refractivity contribution in [3.8, 4) is 0 Å². The number of carbonyl (C=O) groups is 1. The fourth-order valence-electron chi connectivity index (χ4n) is 4.07. The minimum Gasteiger partial charge on any atom is -0.389 e. The molecule has 4 N–H and O–H groups in total. The summed E-state index contributed by atoms with van der Waals surface area (Å²) >= 11 is 0. The Kier molecular flexibility index (Phi) is 9.09. The Labute approximate surface area is 208 Å². The maximum Gasteiger partial charge on any atom is 0.251 e. The number of aliphatic hydroxyl groups is 1. The molecule has 9 nitrogen and oxygen atoms in total. The van der Waals surface area contributed by atoms with Crippen molar-refractivity contribution in [3.05, 3.63) is 53.6 Å². The Morgan fingerprint density at radius 2 is 2.00 bits per heavy atom. The van der Waals surface area contributed by atoms with Crippen molar-refractivity contribution in [2.24, 2.45) is 0 Å². The third kappa shape index (κ3) is 7.39. The molecule has 1 aliphatic rings. The second-order valence-electron chi connectivity index (χ2n) is 9.25. The van der Waals surface area contributed by atoms with Gasteiger partial charge < -0.3 is 21.1 Å². The van der Waals surface area contributed by atoms with Gasteiger partial charge in [-0.1, -0.05) is 37.3 Å². The Hall–Kier alpha value is -2.69. The molecule has 0 bridgehead atoms. The zero-order valence-corrected chi connectivity index (χ0v) is 21.7. The van der Waals surface area contributed by atoms with Gasteiger partial charge in [0.1, 0.15) is 11.6 Å². The standard InChI is InChI=1S/C25H37N5O4S/c1-5-17(2)27-22-15-19(16-23(29-22)30(3)35(4,33)34)25(32)28-21(14-18-10-7-6-8-11-18)24(31)20-12-9-13-26-20/h6-8,10-11,15-17,20-21,24,26,31H,5,9,12-14H2,1-4H3,(H,27,29)(H,28,32)/t17-,20+,21-,24+/m0/s1. The molecule has 192 valence electrons. The van der Waals surface area contributed by atoms with E-state index in [9.17, 15) is 18.3 Å². The van der Waals surface area contributed by atoms with Crippen LogP contribution in [0.4, 0.5) is 11.6 Å². The molecule has 1 saturated heterocycles. The van der Waals surface area contributed by atoms with Gasteiger partial charge in [-0.3, -0.25) is 9.10 Å². The van der Waals surface area contributed by atoms with E-state index in [-0.39, 0.29) is 23.5 Å². The zero-order chi connectivity index (χ0) is 25.6. The van der Waals surface area contributed by atoms with Crippen molar-refractivity contribution < 1.29 is 18.3 Å². The zero-order valence-electron chi connectivity index (χ0n) is 20.9. The van der Waals surface area contributed by atoms with Gasteiger partial charge in [0.15, 0.2) is 0 Å². The molecule has 0 unspecified atom stereocenters. The number of anilines is 2. The van der Waals surface area contributed by atoms with Crippen molar-refractivity contribution in [2.75, 3.05) is 29.5 Å². The van der Waals surface area contributed by atoms with Crippen LogP contribution in [0.3, 0.4) is 0 Å². The van der Waals surface area contributed by atoms with Gasteiger partial charge in [-0.15, -0.1) is 0 Å². The van der Waals surface area contributed by atoms with Crippen LogP contribution < -0.4 is 20.3 Å². The van der Waals surface area contributed by atoms with E-state index >= 15 is 0 Å². The summed E-state index contributed by atoms with van der Waals surface area (Å²) in [5, 5.41) is 20.7. The minimum atomic E-state index is -3.57. The Balaban J connectivity index is 1.91. The average Bonchev–Trinajstić information content (AvgIpc) is 3.37. The molecule has 10 heteroatoms. The number of sulfonamides is 1. The fraction of sp³-hybridized carbons (Fsp3) is 0.520. The third-order valence-corrected chi connectivity index (χ3v) is 7.62. The van der Waals surface area contributed by atoms with Crippen LogP contribution in [-0.4, -0.2) is 68.5 Å². The van der Waals surface area contributed by atoms with Gasteiger partial charge in [0, 0.05) is 24.7 Å². The number of aromatic nitrogens is 1. The van der Waals surface area contributed by atoms with Gasteiger partial charge in [-0.05, 0) is 56.8 Å². The monoisotopic (exact) mass is 503 g/mol. The topological polar surface area (TPSA) is 124 Å². The van der Waals surface area contributed by atoms with Crippen molar-refractivity contribution in [2.45, 2.75) is 63.8 Å². The van der Waals surface area contributed by atoms with Gasteiger partial charge in [0.2, 0.25) is 10.0 Å². The van der Waals surface area contributed by atoms with E-state index in [1.165, 1.54) is 13.1 Å². The predicted octanol–water partition coefficient (Wildman–Crippen LogP) is 2.14. The summed E-state index contributed by atoms with van der Waals surface area (Å²) in [6, 6.07) is 12.2. The number of hydrogen-bond acceptors (Lipinski definition) is 7. The molecule has 35 heavy (non-hydrogen) atoms. The molecule has 2 heterocycles. The van der Waals surface area contributed by atoms with E-state index in [1.807, 2.05) is 44.2 Å². The molecule has 1 fully saturated rings. The van der Waals surface area contributed by atoms with E-state index < -0.39 is 28.1 Å². The number of benzene rings is 1. The second-order valence-corrected chi connectivity index (χ2v) is 11.3. The number of pyridine rings is 1. The Morgan fingerprint density at radius 3 is 2.60 bits per heavy atom. The normalized spacial score (nSPS) is 18.5. The lowest BCUT2D eigenvalue weighted by Crippen LogP contribution is -2.52. The molecule has 2 aromatic rings. The van der Waals surface area contributed by atoms with E-state index in [0.29, 0.717) is 12.2 Å². The van der Waals surface area contributed by atoms with Crippen molar-refractivity contribution in [1.82, 2.24) is 15.6 Å². The predicted molar refractivity (Wildman–Crippen MR) is 139 cm³/mol. The fourth-order valence-corrected chi connectivity index (χ4v) is 4.50. The van der Waals surface area contributed by atoms with E-state index in [0.717, 1.165) is 41.9 Å². The molecule has 1 aliphatic heterocycles. The lowest BCUT2D eigenvalue weighted by atomic mass is 9.95. The number of nitrogens with zero attached hydrogens (tertiary/aromatic N) is 2. The van der Waals surface area contributed by atoms with Crippen molar-refractivity contribution in [3.63, 3.8) is 0 Å². The molecule has 1 amide bonds. The summed E-state index contributed by atoms with van der Waals surface area (Å²) in [4.78, 5) is 17.8. The second kappa shape index (κ2) is 11.8. The van der Waals surface area contributed by atoms with Crippen LogP contribution in [0.15, 0.2) is 42.5 Å². The van der Waals surface area contributed by atoms with Crippen LogP contribution in [0.25, 0.3) is 0 Å². The molecular formula is C25H37N5O4S. The maximum atomic E-state index is 13.4.